The van der Waals surface area contributed by atoms with E-state index in [0.717, 1.165) is 10.5 Å². The zero-order chi connectivity index (χ0) is 13.8. The number of nitrogens with zero attached hydrogens (tertiary/aromatic N) is 1. The fourth-order valence-electron chi connectivity index (χ4n) is 2.57. The second-order valence-electron chi connectivity index (χ2n) is 4.81. The first-order valence-corrected chi connectivity index (χ1v) is 5.77. The van der Waals surface area contributed by atoms with Gasteiger partial charge in [0.05, 0.1) is 0 Å². The Labute approximate surface area is 106 Å². The third-order valence-electron chi connectivity index (χ3n) is 3.63. The van der Waals surface area contributed by atoms with Crippen molar-refractivity contribution in [1.82, 2.24) is 4.90 Å². The zero-order valence-corrected chi connectivity index (χ0v) is 9.74. The summed E-state index contributed by atoms with van der Waals surface area (Å²) in [4.78, 5) is 12.9. The molecule has 0 bridgehead atoms. The Kier molecular flexibility index (Phi) is 2.35. The second-order valence-corrected chi connectivity index (χ2v) is 4.81. The van der Waals surface area contributed by atoms with Gasteiger partial charge in [0, 0.05) is 18.7 Å². The Hall–Kier alpha value is -1.76. The molecule has 0 spiro atoms. The van der Waals surface area contributed by atoms with Crippen molar-refractivity contribution in [1.29, 1.82) is 0 Å². The van der Waals surface area contributed by atoms with Gasteiger partial charge in [-0.15, -0.1) is 0 Å². The number of nitrogens with one attached hydrogen (secondary N) is 1. The van der Waals surface area contributed by atoms with Crippen LogP contribution in [0.2, 0.25) is 0 Å². The van der Waals surface area contributed by atoms with Gasteiger partial charge in [-0.3, -0.25) is 4.79 Å². The average Bonchev–Trinajstić information content (AvgIpc) is 2.60. The van der Waals surface area contributed by atoms with Crippen LogP contribution in [0.1, 0.15) is 12.0 Å². The SMILES string of the molecule is O=C1N2Cc3ccccc3NC2CC1(O)C(F)(F)F. The minimum absolute atomic E-state index is 0.0745. The van der Waals surface area contributed by atoms with Crippen molar-refractivity contribution in [2.45, 2.75) is 30.9 Å². The molecule has 1 aromatic rings. The van der Waals surface area contributed by atoms with Gasteiger partial charge in [0.15, 0.2) is 0 Å². The van der Waals surface area contributed by atoms with Crippen LogP contribution in [0, 0.1) is 0 Å². The summed E-state index contributed by atoms with van der Waals surface area (Å²) in [6.45, 7) is 0.0745. The number of rotatable bonds is 0. The van der Waals surface area contributed by atoms with Crippen molar-refractivity contribution in [3.8, 4) is 0 Å². The van der Waals surface area contributed by atoms with Crippen LogP contribution in [0.25, 0.3) is 0 Å². The van der Waals surface area contributed by atoms with Crippen LogP contribution in [-0.4, -0.2) is 33.9 Å². The molecule has 2 heterocycles. The molecule has 3 rings (SSSR count). The van der Waals surface area contributed by atoms with Gasteiger partial charge in [0.2, 0.25) is 5.60 Å². The molecule has 2 aliphatic heterocycles. The molecule has 19 heavy (non-hydrogen) atoms. The first kappa shape index (κ1) is 12.3. The Bertz CT molecular complexity index is 546. The number of fused-ring (bicyclic) bond motifs is 2. The van der Waals surface area contributed by atoms with E-state index in [1.807, 2.05) is 0 Å². The average molecular weight is 272 g/mol. The molecule has 2 unspecified atom stereocenters. The number of alkyl halides is 3. The summed E-state index contributed by atoms with van der Waals surface area (Å²) in [5, 5.41) is 12.5. The summed E-state index contributed by atoms with van der Waals surface area (Å²) in [5.41, 5.74) is -1.85. The van der Waals surface area contributed by atoms with E-state index >= 15 is 0 Å². The molecular weight excluding hydrogens is 261 g/mol. The standard InChI is InChI=1S/C12H11F3N2O2/c13-12(14,15)11(19)5-9-16-8-4-2-1-3-7(8)6-17(9)10(11)18/h1-4,9,16,19H,5-6H2. The molecule has 102 valence electrons. The Morgan fingerprint density at radius 2 is 2.05 bits per heavy atom. The lowest BCUT2D eigenvalue weighted by molar-refractivity contribution is -0.248. The maximum Gasteiger partial charge on any atom is 0.426 e. The molecule has 1 saturated heterocycles. The largest absolute Gasteiger partial charge is 0.426 e. The molecule has 1 fully saturated rings. The molecule has 0 aromatic heterocycles. The van der Waals surface area contributed by atoms with E-state index in [9.17, 15) is 23.1 Å². The quantitative estimate of drug-likeness (QED) is 0.752. The number of halogens is 3. The van der Waals surface area contributed by atoms with Gasteiger partial charge in [0.25, 0.3) is 5.91 Å². The topological polar surface area (TPSA) is 52.6 Å². The lowest BCUT2D eigenvalue weighted by Gasteiger charge is -2.32. The highest BCUT2D eigenvalue weighted by Gasteiger charge is 2.66. The summed E-state index contributed by atoms with van der Waals surface area (Å²) in [6, 6.07) is 6.98. The molecule has 1 amide bonds. The first-order valence-electron chi connectivity index (χ1n) is 5.77. The molecule has 2 N–H and O–H groups in total. The molecule has 2 atom stereocenters. The number of aliphatic hydroxyl groups is 1. The van der Waals surface area contributed by atoms with Crippen LogP contribution in [0.15, 0.2) is 24.3 Å². The highest BCUT2D eigenvalue weighted by molar-refractivity contribution is 5.89. The molecule has 0 aliphatic carbocycles. The summed E-state index contributed by atoms with van der Waals surface area (Å²) in [6.07, 6.45) is -6.48. The minimum Gasteiger partial charge on any atom is -0.373 e. The van der Waals surface area contributed by atoms with E-state index in [0.29, 0.717) is 5.69 Å². The van der Waals surface area contributed by atoms with E-state index in [4.69, 9.17) is 0 Å². The number of carbonyl (C=O) groups is 1. The highest BCUT2D eigenvalue weighted by Crippen LogP contribution is 2.44. The lowest BCUT2D eigenvalue weighted by atomic mass is 10.0. The smallest absolute Gasteiger partial charge is 0.373 e. The molecule has 2 aliphatic rings. The minimum atomic E-state index is -4.96. The monoisotopic (exact) mass is 272 g/mol. The third kappa shape index (κ3) is 1.61. The van der Waals surface area contributed by atoms with Gasteiger partial charge in [-0.25, -0.2) is 0 Å². The van der Waals surface area contributed by atoms with Crippen molar-refractivity contribution < 1.29 is 23.1 Å². The summed E-state index contributed by atoms with van der Waals surface area (Å²) < 4.78 is 38.5. The van der Waals surface area contributed by atoms with E-state index in [1.165, 1.54) is 0 Å². The summed E-state index contributed by atoms with van der Waals surface area (Å²) >= 11 is 0. The molecular formula is C12H11F3N2O2. The van der Waals surface area contributed by atoms with Crippen LogP contribution < -0.4 is 5.32 Å². The van der Waals surface area contributed by atoms with Crippen molar-refractivity contribution in [3.63, 3.8) is 0 Å². The third-order valence-corrected chi connectivity index (χ3v) is 3.63. The van der Waals surface area contributed by atoms with Gasteiger partial charge >= 0.3 is 6.18 Å². The van der Waals surface area contributed by atoms with E-state index in [-0.39, 0.29) is 6.54 Å². The van der Waals surface area contributed by atoms with Crippen molar-refractivity contribution in [3.05, 3.63) is 29.8 Å². The summed E-state index contributed by atoms with van der Waals surface area (Å²) in [7, 11) is 0. The van der Waals surface area contributed by atoms with E-state index < -0.39 is 30.3 Å². The molecule has 0 saturated carbocycles. The van der Waals surface area contributed by atoms with Crippen LogP contribution in [0.4, 0.5) is 18.9 Å². The second kappa shape index (κ2) is 3.63. The predicted molar refractivity (Wildman–Crippen MR) is 60.0 cm³/mol. The lowest BCUT2D eigenvalue weighted by Crippen LogP contribution is -2.51. The number of benzene rings is 1. The molecule has 1 aromatic carbocycles. The van der Waals surface area contributed by atoms with Gasteiger partial charge in [-0.05, 0) is 11.6 Å². The maximum atomic E-state index is 12.8. The maximum absolute atomic E-state index is 12.8. The van der Waals surface area contributed by atoms with Crippen LogP contribution in [0.3, 0.4) is 0 Å². The molecule has 4 nitrogen and oxygen atoms in total. The Morgan fingerprint density at radius 1 is 1.37 bits per heavy atom. The Morgan fingerprint density at radius 3 is 2.74 bits per heavy atom. The first-order chi connectivity index (χ1) is 8.83. The fourth-order valence-corrected chi connectivity index (χ4v) is 2.57. The highest BCUT2D eigenvalue weighted by atomic mass is 19.4. The van der Waals surface area contributed by atoms with Crippen LogP contribution in [-0.2, 0) is 11.3 Å². The number of amides is 1. The van der Waals surface area contributed by atoms with Crippen molar-refractivity contribution in [2.24, 2.45) is 0 Å². The Balaban J connectivity index is 1.96. The molecule has 7 heteroatoms. The number of anilines is 1. The van der Waals surface area contributed by atoms with Crippen molar-refractivity contribution >= 4 is 11.6 Å². The van der Waals surface area contributed by atoms with Gasteiger partial charge in [-0.2, -0.15) is 13.2 Å². The zero-order valence-electron chi connectivity index (χ0n) is 9.74. The van der Waals surface area contributed by atoms with Crippen LogP contribution >= 0.6 is 0 Å². The summed E-state index contributed by atoms with van der Waals surface area (Å²) in [5.74, 6) is -1.29. The van der Waals surface area contributed by atoms with E-state index in [2.05, 4.69) is 5.32 Å². The molecule has 0 radical (unpaired) electrons. The fraction of sp³-hybridized carbons (Fsp3) is 0.417. The number of para-hydroxylation sites is 1. The number of hydrogen-bond acceptors (Lipinski definition) is 3. The number of carbonyl (C=O) groups excluding carboxylic acids is 1. The number of hydrogen-bond donors (Lipinski definition) is 2. The normalized spacial score (nSPS) is 29.8. The van der Waals surface area contributed by atoms with Gasteiger partial charge in [-0.1, -0.05) is 18.2 Å². The van der Waals surface area contributed by atoms with Crippen LogP contribution in [0.5, 0.6) is 0 Å². The van der Waals surface area contributed by atoms with Crippen molar-refractivity contribution in [2.75, 3.05) is 5.32 Å². The van der Waals surface area contributed by atoms with E-state index in [1.54, 1.807) is 24.3 Å². The predicted octanol–water partition coefficient (Wildman–Crippen LogP) is 1.46. The van der Waals surface area contributed by atoms with Gasteiger partial charge in [0.1, 0.15) is 6.17 Å². The van der Waals surface area contributed by atoms with Gasteiger partial charge < -0.3 is 15.3 Å².